The molecule has 1 heterocycles. The predicted octanol–water partition coefficient (Wildman–Crippen LogP) is 1.28. The molecule has 1 unspecified atom stereocenters. The van der Waals surface area contributed by atoms with Crippen LogP contribution in [0.15, 0.2) is 21.7 Å². The molecule has 7 heteroatoms. The van der Waals surface area contributed by atoms with E-state index in [9.17, 15) is 13.2 Å². The highest BCUT2D eigenvalue weighted by Crippen LogP contribution is 2.35. The van der Waals surface area contributed by atoms with Gasteiger partial charge >= 0.3 is 5.97 Å². The minimum atomic E-state index is -3.56. The third kappa shape index (κ3) is 3.27. The average molecular weight is 275 g/mol. The SMILES string of the molecule is O=C(O)CC(NS(=O)(=O)c1cccs1)C1CC1. The zero-order valence-corrected chi connectivity index (χ0v) is 10.6. The first-order chi connectivity index (χ1) is 7.99. The summed E-state index contributed by atoms with van der Waals surface area (Å²) >= 11 is 1.12. The molecule has 0 radical (unpaired) electrons. The Morgan fingerprint density at radius 1 is 1.59 bits per heavy atom. The van der Waals surface area contributed by atoms with E-state index >= 15 is 0 Å². The van der Waals surface area contributed by atoms with Gasteiger partial charge in [0.1, 0.15) is 4.21 Å². The standard InChI is InChI=1S/C10H13NO4S2/c12-9(13)6-8(7-3-4-7)11-17(14,15)10-2-1-5-16-10/h1-2,5,7-8,11H,3-4,6H2,(H,12,13). The third-order valence-electron chi connectivity index (χ3n) is 2.65. The minimum Gasteiger partial charge on any atom is -0.481 e. The molecule has 0 aromatic carbocycles. The molecule has 1 aromatic rings. The Morgan fingerprint density at radius 2 is 2.29 bits per heavy atom. The van der Waals surface area contributed by atoms with Crippen molar-refractivity contribution in [2.24, 2.45) is 5.92 Å². The minimum absolute atomic E-state index is 0.157. The van der Waals surface area contributed by atoms with Crippen molar-refractivity contribution in [2.75, 3.05) is 0 Å². The largest absolute Gasteiger partial charge is 0.481 e. The van der Waals surface area contributed by atoms with Crippen LogP contribution in [0.25, 0.3) is 0 Å². The van der Waals surface area contributed by atoms with Crippen LogP contribution in [0.4, 0.5) is 0 Å². The summed E-state index contributed by atoms with van der Waals surface area (Å²) in [5.41, 5.74) is 0. The number of hydrogen-bond donors (Lipinski definition) is 2. The third-order valence-corrected chi connectivity index (χ3v) is 5.54. The molecule has 0 aliphatic heterocycles. The molecule has 94 valence electrons. The molecule has 1 aliphatic carbocycles. The van der Waals surface area contributed by atoms with Crippen LogP contribution in [0.3, 0.4) is 0 Å². The Bertz CT molecular complexity index is 490. The Balaban J connectivity index is 2.09. The first-order valence-electron chi connectivity index (χ1n) is 5.26. The van der Waals surface area contributed by atoms with Gasteiger partial charge in [0.15, 0.2) is 0 Å². The fourth-order valence-electron chi connectivity index (χ4n) is 1.67. The number of carbonyl (C=O) groups is 1. The second-order valence-electron chi connectivity index (χ2n) is 4.10. The maximum absolute atomic E-state index is 11.9. The average Bonchev–Trinajstić information content (AvgIpc) is 2.90. The second-order valence-corrected chi connectivity index (χ2v) is 6.98. The second kappa shape index (κ2) is 4.75. The summed E-state index contributed by atoms with van der Waals surface area (Å²) in [5.74, 6) is -0.809. The predicted molar refractivity (Wildman–Crippen MR) is 63.4 cm³/mol. The molecule has 0 saturated heterocycles. The van der Waals surface area contributed by atoms with Crippen molar-refractivity contribution >= 4 is 27.3 Å². The lowest BCUT2D eigenvalue weighted by Gasteiger charge is -2.15. The summed E-state index contributed by atoms with van der Waals surface area (Å²) in [4.78, 5) is 10.7. The molecule has 1 aliphatic rings. The smallest absolute Gasteiger partial charge is 0.304 e. The Hall–Kier alpha value is -0.920. The highest BCUT2D eigenvalue weighted by atomic mass is 32.2. The Labute approximate surface area is 104 Å². The van der Waals surface area contributed by atoms with Crippen molar-refractivity contribution in [3.63, 3.8) is 0 Å². The molecule has 17 heavy (non-hydrogen) atoms. The first-order valence-corrected chi connectivity index (χ1v) is 7.63. The highest BCUT2D eigenvalue weighted by molar-refractivity contribution is 7.91. The van der Waals surface area contributed by atoms with Gasteiger partial charge in [-0.1, -0.05) is 6.07 Å². The zero-order valence-electron chi connectivity index (χ0n) is 9.00. The van der Waals surface area contributed by atoms with Crippen LogP contribution >= 0.6 is 11.3 Å². The molecule has 2 N–H and O–H groups in total. The van der Waals surface area contributed by atoms with Gasteiger partial charge < -0.3 is 5.11 Å². The summed E-state index contributed by atoms with van der Waals surface area (Å²) in [6, 6.07) is 2.68. The Morgan fingerprint density at radius 3 is 2.76 bits per heavy atom. The maximum Gasteiger partial charge on any atom is 0.304 e. The van der Waals surface area contributed by atoms with E-state index in [0.29, 0.717) is 0 Å². The van der Waals surface area contributed by atoms with E-state index in [1.54, 1.807) is 11.4 Å². The number of aliphatic carboxylic acids is 1. The zero-order chi connectivity index (χ0) is 12.5. The molecular formula is C10H13NO4S2. The van der Waals surface area contributed by atoms with Crippen LogP contribution in [0.2, 0.25) is 0 Å². The van der Waals surface area contributed by atoms with Crippen molar-refractivity contribution in [3.05, 3.63) is 17.5 Å². The number of carboxylic acid groups (broad SMARTS) is 1. The van der Waals surface area contributed by atoms with Crippen LogP contribution in [0.5, 0.6) is 0 Å². The van der Waals surface area contributed by atoms with E-state index in [0.717, 1.165) is 24.2 Å². The number of nitrogens with one attached hydrogen (secondary N) is 1. The lowest BCUT2D eigenvalue weighted by Crippen LogP contribution is -2.37. The van der Waals surface area contributed by atoms with Gasteiger partial charge in [-0.2, -0.15) is 0 Å². The van der Waals surface area contributed by atoms with Gasteiger partial charge in [-0.3, -0.25) is 4.79 Å². The molecule has 2 rings (SSSR count). The quantitative estimate of drug-likeness (QED) is 0.819. The number of carboxylic acids is 1. The van der Waals surface area contributed by atoms with Crippen molar-refractivity contribution in [1.29, 1.82) is 0 Å². The molecule has 1 aromatic heterocycles. The molecule has 1 fully saturated rings. The van der Waals surface area contributed by atoms with Crippen LogP contribution < -0.4 is 4.72 Å². The van der Waals surface area contributed by atoms with Gasteiger partial charge in [0.05, 0.1) is 6.42 Å². The first kappa shape index (κ1) is 12.5. The maximum atomic E-state index is 11.9. The summed E-state index contributed by atoms with van der Waals surface area (Å²) in [6.07, 6.45) is 1.63. The molecule has 0 spiro atoms. The summed E-state index contributed by atoms with van der Waals surface area (Å²) in [6.45, 7) is 0. The number of rotatable bonds is 6. The number of hydrogen-bond acceptors (Lipinski definition) is 4. The van der Waals surface area contributed by atoms with E-state index in [-0.39, 0.29) is 16.5 Å². The fraction of sp³-hybridized carbons (Fsp3) is 0.500. The van der Waals surface area contributed by atoms with Gasteiger partial charge in [0, 0.05) is 6.04 Å². The number of thiophene rings is 1. The fourth-order valence-corrected chi connectivity index (χ4v) is 3.98. The summed E-state index contributed by atoms with van der Waals surface area (Å²) < 4.78 is 26.6. The van der Waals surface area contributed by atoms with Crippen LogP contribution in [0.1, 0.15) is 19.3 Å². The van der Waals surface area contributed by atoms with E-state index in [1.807, 2.05) is 0 Å². The van der Waals surface area contributed by atoms with E-state index in [4.69, 9.17) is 5.11 Å². The topological polar surface area (TPSA) is 83.5 Å². The Kier molecular flexibility index (Phi) is 3.50. The van der Waals surface area contributed by atoms with E-state index in [2.05, 4.69) is 4.72 Å². The summed E-state index contributed by atoms with van der Waals surface area (Å²) in [7, 11) is -3.56. The summed E-state index contributed by atoms with van der Waals surface area (Å²) in [5, 5.41) is 10.4. The van der Waals surface area contributed by atoms with Gasteiger partial charge in [0.25, 0.3) is 0 Å². The normalized spacial score (nSPS) is 17.9. The van der Waals surface area contributed by atoms with Crippen molar-refractivity contribution in [3.8, 4) is 0 Å². The van der Waals surface area contributed by atoms with Crippen molar-refractivity contribution in [1.82, 2.24) is 4.72 Å². The molecule has 1 atom stereocenters. The van der Waals surface area contributed by atoms with Gasteiger partial charge in [-0.05, 0) is 30.2 Å². The molecule has 5 nitrogen and oxygen atoms in total. The van der Waals surface area contributed by atoms with Gasteiger partial charge in [-0.15, -0.1) is 11.3 Å². The highest BCUT2D eigenvalue weighted by Gasteiger charge is 2.35. The number of sulfonamides is 1. The molecule has 1 saturated carbocycles. The van der Waals surface area contributed by atoms with Crippen molar-refractivity contribution < 1.29 is 18.3 Å². The van der Waals surface area contributed by atoms with Gasteiger partial charge in [0.2, 0.25) is 10.0 Å². The van der Waals surface area contributed by atoms with Gasteiger partial charge in [-0.25, -0.2) is 13.1 Å². The monoisotopic (exact) mass is 275 g/mol. The van der Waals surface area contributed by atoms with Crippen molar-refractivity contribution in [2.45, 2.75) is 29.5 Å². The van der Waals surface area contributed by atoms with Crippen LogP contribution in [0, 0.1) is 5.92 Å². The van der Waals surface area contributed by atoms with E-state index in [1.165, 1.54) is 6.07 Å². The van der Waals surface area contributed by atoms with Crippen LogP contribution in [-0.4, -0.2) is 25.5 Å². The van der Waals surface area contributed by atoms with Crippen LogP contribution in [-0.2, 0) is 14.8 Å². The molecule has 0 bridgehead atoms. The molecular weight excluding hydrogens is 262 g/mol. The lowest BCUT2D eigenvalue weighted by atomic mass is 10.1. The lowest BCUT2D eigenvalue weighted by molar-refractivity contribution is -0.137. The van der Waals surface area contributed by atoms with E-state index < -0.39 is 22.0 Å². The molecule has 0 amide bonds.